The van der Waals surface area contributed by atoms with Crippen molar-refractivity contribution in [1.29, 1.82) is 0 Å². The number of phenolic OH excluding ortho intramolecular Hbond substituents is 1. The van der Waals surface area contributed by atoms with Gasteiger partial charge in [-0.3, -0.25) is 9.69 Å². The molecular weight excluding hydrogens is 380 g/mol. The van der Waals surface area contributed by atoms with Crippen LogP contribution in [0.2, 0.25) is 0 Å². The number of thioether (sulfide) groups is 1. The van der Waals surface area contributed by atoms with Crippen LogP contribution in [0.5, 0.6) is 11.5 Å². The van der Waals surface area contributed by atoms with E-state index >= 15 is 0 Å². The smallest absolute Gasteiger partial charge is 0.335 e. The standard InChI is InChI=1S/C20H18N2O5S/c1-3-22-18(24)17(11-12-4-9-16(27-2)15(23)10-12)28-20(22)21-14-7-5-13(6-8-14)19(25)26/h4-11,23H,3H2,1-2H3,(H,25,26)/b17-11-,21-20?. The molecule has 0 aliphatic carbocycles. The molecule has 0 atom stereocenters. The second kappa shape index (κ2) is 8.18. The van der Waals surface area contributed by atoms with Crippen molar-refractivity contribution in [3.05, 3.63) is 58.5 Å². The lowest BCUT2D eigenvalue weighted by Crippen LogP contribution is -2.28. The summed E-state index contributed by atoms with van der Waals surface area (Å²) < 4.78 is 5.03. The number of benzene rings is 2. The minimum absolute atomic E-state index is 0.00736. The molecule has 1 heterocycles. The molecule has 1 saturated heterocycles. The molecule has 1 aliphatic heterocycles. The van der Waals surface area contributed by atoms with Crippen molar-refractivity contribution in [2.24, 2.45) is 4.99 Å². The first-order valence-electron chi connectivity index (χ1n) is 8.43. The third kappa shape index (κ3) is 4.01. The summed E-state index contributed by atoms with van der Waals surface area (Å²) in [6, 6.07) is 11.0. The zero-order valence-corrected chi connectivity index (χ0v) is 16.1. The first kappa shape index (κ1) is 19.5. The summed E-state index contributed by atoms with van der Waals surface area (Å²) in [5.41, 5.74) is 1.39. The Morgan fingerprint density at radius 1 is 1.25 bits per heavy atom. The summed E-state index contributed by atoms with van der Waals surface area (Å²) in [7, 11) is 1.47. The predicted octanol–water partition coefficient (Wildman–Crippen LogP) is 3.72. The van der Waals surface area contributed by atoms with E-state index in [0.717, 1.165) is 0 Å². The van der Waals surface area contributed by atoms with Gasteiger partial charge < -0.3 is 14.9 Å². The average Bonchev–Trinajstić information content (AvgIpc) is 2.96. The lowest BCUT2D eigenvalue weighted by atomic mass is 10.2. The first-order valence-corrected chi connectivity index (χ1v) is 9.25. The third-order valence-corrected chi connectivity index (χ3v) is 5.05. The van der Waals surface area contributed by atoms with Gasteiger partial charge in [-0.15, -0.1) is 0 Å². The van der Waals surface area contributed by atoms with Crippen molar-refractivity contribution in [2.45, 2.75) is 6.92 Å². The summed E-state index contributed by atoms with van der Waals surface area (Å²) in [4.78, 5) is 30.1. The van der Waals surface area contributed by atoms with Crippen molar-refractivity contribution in [3.63, 3.8) is 0 Å². The number of rotatable bonds is 5. The molecule has 28 heavy (non-hydrogen) atoms. The van der Waals surface area contributed by atoms with E-state index in [0.29, 0.717) is 33.6 Å². The van der Waals surface area contributed by atoms with Crippen molar-refractivity contribution in [2.75, 3.05) is 13.7 Å². The SMILES string of the molecule is CCN1C(=O)/C(=C/c2ccc(OC)c(O)c2)SC1=Nc1ccc(C(=O)O)cc1. The number of likely N-dealkylation sites (N-methyl/N-ethyl adjacent to an activating group) is 1. The summed E-state index contributed by atoms with van der Waals surface area (Å²) in [5.74, 6) is -0.835. The predicted molar refractivity (Wildman–Crippen MR) is 108 cm³/mol. The molecule has 0 spiro atoms. The topological polar surface area (TPSA) is 99.4 Å². The quantitative estimate of drug-likeness (QED) is 0.745. The number of amidine groups is 1. The molecule has 8 heteroatoms. The lowest BCUT2D eigenvalue weighted by molar-refractivity contribution is -0.122. The summed E-state index contributed by atoms with van der Waals surface area (Å²) in [6.45, 7) is 2.30. The van der Waals surface area contributed by atoms with E-state index in [4.69, 9.17) is 9.84 Å². The Morgan fingerprint density at radius 2 is 1.96 bits per heavy atom. The number of phenols is 1. The number of aliphatic imine (C=N–C) groups is 1. The van der Waals surface area contributed by atoms with Crippen LogP contribution in [0.4, 0.5) is 5.69 Å². The number of carbonyl (C=O) groups excluding carboxylic acids is 1. The highest BCUT2D eigenvalue weighted by Gasteiger charge is 2.32. The van der Waals surface area contributed by atoms with Gasteiger partial charge in [0.25, 0.3) is 5.91 Å². The van der Waals surface area contributed by atoms with Crippen LogP contribution >= 0.6 is 11.8 Å². The lowest BCUT2D eigenvalue weighted by Gasteiger charge is -2.12. The molecule has 1 aliphatic rings. The zero-order valence-electron chi connectivity index (χ0n) is 15.2. The molecule has 0 aromatic heterocycles. The number of hydrogen-bond donors (Lipinski definition) is 2. The fraction of sp³-hybridized carbons (Fsp3) is 0.150. The van der Waals surface area contributed by atoms with Crippen LogP contribution in [0.25, 0.3) is 6.08 Å². The van der Waals surface area contributed by atoms with Gasteiger partial charge in [0.05, 0.1) is 23.3 Å². The summed E-state index contributed by atoms with van der Waals surface area (Å²) in [6.07, 6.45) is 1.69. The van der Waals surface area contributed by atoms with Gasteiger partial charge in [0.1, 0.15) is 0 Å². The maximum atomic E-state index is 12.7. The molecule has 0 saturated carbocycles. The molecule has 1 fully saturated rings. The number of methoxy groups -OCH3 is 1. The Kier molecular flexibility index (Phi) is 5.70. The van der Waals surface area contributed by atoms with Gasteiger partial charge in [0.15, 0.2) is 16.7 Å². The Morgan fingerprint density at radius 3 is 2.54 bits per heavy atom. The average molecular weight is 398 g/mol. The molecule has 144 valence electrons. The monoisotopic (exact) mass is 398 g/mol. The van der Waals surface area contributed by atoms with Gasteiger partial charge in [0, 0.05) is 6.54 Å². The molecule has 0 bridgehead atoms. The molecule has 0 radical (unpaired) electrons. The Balaban J connectivity index is 1.89. The first-order chi connectivity index (χ1) is 13.4. The van der Waals surface area contributed by atoms with E-state index in [1.807, 2.05) is 6.92 Å². The van der Waals surface area contributed by atoms with E-state index in [-0.39, 0.29) is 17.2 Å². The van der Waals surface area contributed by atoms with Crippen molar-refractivity contribution < 1.29 is 24.5 Å². The van der Waals surface area contributed by atoms with Crippen LogP contribution in [-0.2, 0) is 4.79 Å². The molecule has 2 aromatic carbocycles. The number of hydrogen-bond acceptors (Lipinski definition) is 6. The molecular formula is C20H18N2O5S. The number of aromatic carboxylic acids is 1. The Hall–Kier alpha value is -3.26. The highest BCUT2D eigenvalue weighted by molar-refractivity contribution is 8.18. The second-order valence-corrected chi connectivity index (χ2v) is 6.85. The summed E-state index contributed by atoms with van der Waals surface area (Å²) in [5, 5.41) is 19.4. The number of carboxylic acid groups (broad SMARTS) is 1. The van der Waals surface area contributed by atoms with Crippen LogP contribution in [0.15, 0.2) is 52.4 Å². The molecule has 1 amide bonds. The maximum Gasteiger partial charge on any atom is 0.335 e. The molecule has 0 unspecified atom stereocenters. The van der Waals surface area contributed by atoms with Gasteiger partial charge in [-0.25, -0.2) is 9.79 Å². The van der Waals surface area contributed by atoms with Crippen LogP contribution in [0, 0.1) is 0 Å². The fourth-order valence-electron chi connectivity index (χ4n) is 2.61. The van der Waals surface area contributed by atoms with Crippen molar-refractivity contribution in [3.8, 4) is 11.5 Å². The number of ether oxygens (including phenoxy) is 1. The Bertz CT molecular complexity index is 983. The van der Waals surface area contributed by atoms with Gasteiger partial charge in [0.2, 0.25) is 0 Å². The van der Waals surface area contributed by atoms with Crippen LogP contribution in [-0.4, -0.2) is 45.8 Å². The van der Waals surface area contributed by atoms with Crippen molar-refractivity contribution in [1.82, 2.24) is 4.90 Å². The molecule has 7 nitrogen and oxygen atoms in total. The minimum atomic E-state index is -1.01. The number of nitrogens with zero attached hydrogens (tertiary/aromatic N) is 2. The zero-order chi connectivity index (χ0) is 20.3. The molecule has 2 aromatic rings. The van der Waals surface area contributed by atoms with Gasteiger partial charge in [-0.1, -0.05) is 6.07 Å². The second-order valence-electron chi connectivity index (χ2n) is 5.84. The number of amides is 1. The van der Waals surface area contributed by atoms with E-state index in [9.17, 15) is 14.7 Å². The molecule has 3 rings (SSSR count). The van der Waals surface area contributed by atoms with Crippen molar-refractivity contribution >= 4 is 40.6 Å². The third-order valence-electron chi connectivity index (χ3n) is 4.04. The number of aromatic hydroxyl groups is 1. The number of carboxylic acids is 1. The van der Waals surface area contributed by atoms with Crippen LogP contribution in [0.1, 0.15) is 22.8 Å². The van der Waals surface area contributed by atoms with E-state index in [1.165, 1.54) is 37.1 Å². The molecule has 2 N–H and O–H groups in total. The maximum absolute atomic E-state index is 12.7. The van der Waals surface area contributed by atoms with Gasteiger partial charge in [-0.2, -0.15) is 0 Å². The van der Waals surface area contributed by atoms with Crippen LogP contribution < -0.4 is 4.74 Å². The van der Waals surface area contributed by atoms with E-state index in [1.54, 1.807) is 35.2 Å². The highest BCUT2D eigenvalue weighted by Crippen LogP contribution is 2.35. The summed E-state index contributed by atoms with van der Waals surface area (Å²) >= 11 is 1.23. The minimum Gasteiger partial charge on any atom is -0.504 e. The normalized spacial score (nSPS) is 16.8. The van der Waals surface area contributed by atoms with E-state index < -0.39 is 5.97 Å². The Labute approximate surface area is 166 Å². The largest absolute Gasteiger partial charge is 0.504 e. The van der Waals surface area contributed by atoms with Gasteiger partial charge >= 0.3 is 5.97 Å². The van der Waals surface area contributed by atoms with Crippen LogP contribution in [0.3, 0.4) is 0 Å². The fourth-order valence-corrected chi connectivity index (χ4v) is 3.67. The highest BCUT2D eigenvalue weighted by atomic mass is 32.2. The number of carbonyl (C=O) groups is 2. The van der Waals surface area contributed by atoms with E-state index in [2.05, 4.69) is 4.99 Å². The van der Waals surface area contributed by atoms with Gasteiger partial charge in [-0.05, 0) is 66.7 Å².